The monoisotopic (exact) mass is 262 g/mol. The van der Waals surface area contributed by atoms with Crippen molar-refractivity contribution in [2.24, 2.45) is 5.92 Å². The average molecular weight is 262 g/mol. The van der Waals surface area contributed by atoms with Gasteiger partial charge in [0.25, 0.3) is 0 Å². The number of ketones is 1. The molecule has 0 heterocycles. The van der Waals surface area contributed by atoms with Crippen LogP contribution in [0.2, 0.25) is 0 Å². The quantitative estimate of drug-likeness (QED) is 0.629. The van der Waals surface area contributed by atoms with E-state index in [1.54, 1.807) is 0 Å². The Morgan fingerprint density at radius 3 is 2.58 bits per heavy atom. The Bertz CT molecular complexity index is 410. The molecule has 0 aliphatic carbocycles. The Labute approximate surface area is 117 Å². The molecular weight excluding hydrogens is 236 g/mol. The van der Waals surface area contributed by atoms with Gasteiger partial charge in [0.05, 0.1) is 12.2 Å². The maximum absolute atomic E-state index is 12.6. The molecule has 0 bridgehead atoms. The molecule has 0 saturated heterocycles. The second-order valence-corrected chi connectivity index (χ2v) is 5.04. The van der Waals surface area contributed by atoms with Gasteiger partial charge in [-0.25, -0.2) is 0 Å². The third-order valence-corrected chi connectivity index (χ3v) is 3.47. The maximum Gasteiger partial charge on any atom is 0.169 e. The summed E-state index contributed by atoms with van der Waals surface area (Å²) in [6, 6.07) is 5.87. The summed E-state index contributed by atoms with van der Waals surface area (Å²) >= 11 is 0. The van der Waals surface area contributed by atoms with E-state index in [1.165, 1.54) is 0 Å². The minimum atomic E-state index is 0.126. The zero-order valence-electron chi connectivity index (χ0n) is 12.7. The number of ether oxygens (including phenoxy) is 1. The molecule has 1 atom stereocenters. The lowest BCUT2D eigenvalue weighted by Gasteiger charge is -2.16. The van der Waals surface area contributed by atoms with Crippen molar-refractivity contribution in [1.29, 1.82) is 0 Å². The van der Waals surface area contributed by atoms with Gasteiger partial charge in [0, 0.05) is 5.92 Å². The summed E-state index contributed by atoms with van der Waals surface area (Å²) in [5.41, 5.74) is 1.86. The Kier molecular flexibility index (Phi) is 6.61. The van der Waals surface area contributed by atoms with Crippen LogP contribution in [0.25, 0.3) is 0 Å². The van der Waals surface area contributed by atoms with Gasteiger partial charge < -0.3 is 4.74 Å². The number of carbonyl (C=O) groups is 1. The van der Waals surface area contributed by atoms with Gasteiger partial charge in [0.15, 0.2) is 5.78 Å². The van der Waals surface area contributed by atoms with Gasteiger partial charge >= 0.3 is 0 Å². The van der Waals surface area contributed by atoms with E-state index in [0.717, 1.165) is 42.6 Å². The Morgan fingerprint density at radius 2 is 2.00 bits per heavy atom. The van der Waals surface area contributed by atoms with Gasteiger partial charge in [0.1, 0.15) is 5.75 Å². The molecule has 2 nitrogen and oxygen atoms in total. The number of hydrogen-bond acceptors (Lipinski definition) is 2. The number of carbonyl (C=O) groups excluding carboxylic acids is 1. The predicted molar refractivity (Wildman–Crippen MR) is 80.0 cm³/mol. The summed E-state index contributed by atoms with van der Waals surface area (Å²) in [6.45, 7) is 8.81. The van der Waals surface area contributed by atoms with E-state index in [1.807, 2.05) is 32.0 Å². The molecular formula is C17H26O2. The summed E-state index contributed by atoms with van der Waals surface area (Å²) in [5.74, 6) is 1.09. The van der Waals surface area contributed by atoms with Gasteiger partial charge in [-0.1, -0.05) is 38.3 Å². The minimum absolute atomic E-state index is 0.126. The van der Waals surface area contributed by atoms with E-state index >= 15 is 0 Å². The number of benzene rings is 1. The Hall–Kier alpha value is -1.31. The first-order valence-electron chi connectivity index (χ1n) is 7.41. The molecule has 0 aliphatic rings. The number of hydrogen-bond donors (Lipinski definition) is 0. The highest BCUT2D eigenvalue weighted by molar-refractivity contribution is 6.00. The van der Waals surface area contributed by atoms with Crippen LogP contribution < -0.4 is 4.74 Å². The largest absolute Gasteiger partial charge is 0.493 e. The van der Waals surface area contributed by atoms with Crippen molar-refractivity contribution in [3.05, 3.63) is 29.3 Å². The summed E-state index contributed by atoms with van der Waals surface area (Å²) in [5, 5.41) is 0. The van der Waals surface area contributed by atoms with Crippen LogP contribution in [0.5, 0.6) is 5.75 Å². The molecule has 0 aromatic heterocycles. The molecule has 106 valence electrons. The maximum atomic E-state index is 12.6. The van der Waals surface area contributed by atoms with Crippen LogP contribution >= 0.6 is 0 Å². The van der Waals surface area contributed by atoms with E-state index in [2.05, 4.69) is 13.8 Å². The molecule has 0 saturated carbocycles. The predicted octanol–water partition coefficient (Wildman–Crippen LogP) is 4.79. The summed E-state index contributed by atoms with van der Waals surface area (Å²) in [6.07, 6.45) is 4.12. The lowest BCUT2D eigenvalue weighted by atomic mass is 9.89. The Balaban J connectivity index is 2.98. The van der Waals surface area contributed by atoms with Gasteiger partial charge in [-0.3, -0.25) is 4.79 Å². The van der Waals surface area contributed by atoms with Gasteiger partial charge in [-0.05, 0) is 38.8 Å². The lowest BCUT2D eigenvalue weighted by molar-refractivity contribution is 0.0904. The van der Waals surface area contributed by atoms with Crippen LogP contribution in [0.15, 0.2) is 18.2 Å². The third-order valence-electron chi connectivity index (χ3n) is 3.47. The number of aryl methyl sites for hydroxylation is 1. The molecule has 1 aromatic carbocycles. The summed E-state index contributed by atoms with van der Waals surface area (Å²) < 4.78 is 5.59. The van der Waals surface area contributed by atoms with Crippen molar-refractivity contribution in [1.82, 2.24) is 0 Å². The average Bonchev–Trinajstić information content (AvgIpc) is 2.41. The van der Waals surface area contributed by atoms with E-state index in [-0.39, 0.29) is 11.7 Å². The molecule has 0 N–H and O–H groups in total. The molecule has 0 aliphatic heterocycles. The van der Waals surface area contributed by atoms with E-state index in [9.17, 15) is 4.79 Å². The van der Waals surface area contributed by atoms with Crippen molar-refractivity contribution >= 4 is 5.78 Å². The van der Waals surface area contributed by atoms with E-state index in [0.29, 0.717) is 6.61 Å². The highest BCUT2D eigenvalue weighted by atomic mass is 16.5. The minimum Gasteiger partial charge on any atom is -0.493 e. The third kappa shape index (κ3) is 4.38. The van der Waals surface area contributed by atoms with Crippen molar-refractivity contribution in [3.8, 4) is 5.75 Å². The second-order valence-electron chi connectivity index (χ2n) is 5.04. The first kappa shape index (κ1) is 15.7. The lowest BCUT2D eigenvalue weighted by Crippen LogP contribution is -2.15. The molecule has 0 radical (unpaired) electrons. The first-order valence-corrected chi connectivity index (χ1v) is 7.41. The molecule has 0 spiro atoms. The fraction of sp³-hybridized carbons (Fsp3) is 0.588. The summed E-state index contributed by atoms with van der Waals surface area (Å²) in [4.78, 5) is 12.6. The number of Topliss-reactive ketones (excluding diaryl/α,β-unsaturated/α-hetero) is 1. The highest BCUT2D eigenvalue weighted by Crippen LogP contribution is 2.26. The zero-order chi connectivity index (χ0) is 14.3. The molecule has 0 fully saturated rings. The van der Waals surface area contributed by atoms with Crippen LogP contribution in [0.1, 0.15) is 62.4 Å². The first-order chi connectivity index (χ1) is 9.13. The molecule has 1 aromatic rings. The topological polar surface area (TPSA) is 26.3 Å². The fourth-order valence-electron chi connectivity index (χ4n) is 2.31. The van der Waals surface area contributed by atoms with Crippen LogP contribution in [-0.2, 0) is 0 Å². The fourth-order valence-corrected chi connectivity index (χ4v) is 2.31. The summed E-state index contributed by atoms with van der Waals surface area (Å²) in [7, 11) is 0. The molecule has 19 heavy (non-hydrogen) atoms. The standard InChI is InChI=1S/C17H26O2/c1-5-8-9-14(6-2)17(18)15-12-13(4)10-11-16(15)19-7-3/h10-12,14H,5-9H2,1-4H3. The molecule has 0 amide bonds. The van der Waals surface area contributed by atoms with Gasteiger partial charge in [-0.2, -0.15) is 0 Å². The van der Waals surface area contributed by atoms with Gasteiger partial charge in [0.2, 0.25) is 0 Å². The second kappa shape index (κ2) is 7.98. The SMILES string of the molecule is CCCCC(CC)C(=O)c1cc(C)ccc1OCC. The van der Waals surface area contributed by atoms with E-state index in [4.69, 9.17) is 4.74 Å². The zero-order valence-corrected chi connectivity index (χ0v) is 12.7. The van der Waals surface area contributed by atoms with Gasteiger partial charge in [-0.15, -0.1) is 0 Å². The molecule has 1 rings (SSSR count). The molecule has 1 unspecified atom stereocenters. The van der Waals surface area contributed by atoms with Crippen LogP contribution in [-0.4, -0.2) is 12.4 Å². The number of unbranched alkanes of at least 4 members (excludes halogenated alkanes) is 1. The van der Waals surface area contributed by atoms with Crippen LogP contribution in [0, 0.1) is 12.8 Å². The highest BCUT2D eigenvalue weighted by Gasteiger charge is 2.21. The van der Waals surface area contributed by atoms with Crippen molar-refractivity contribution < 1.29 is 9.53 Å². The van der Waals surface area contributed by atoms with Crippen molar-refractivity contribution in [2.75, 3.05) is 6.61 Å². The van der Waals surface area contributed by atoms with Crippen molar-refractivity contribution in [3.63, 3.8) is 0 Å². The Morgan fingerprint density at radius 1 is 1.26 bits per heavy atom. The normalized spacial score (nSPS) is 12.2. The van der Waals surface area contributed by atoms with Crippen molar-refractivity contribution in [2.45, 2.75) is 53.4 Å². The molecule has 2 heteroatoms. The smallest absolute Gasteiger partial charge is 0.169 e. The van der Waals surface area contributed by atoms with Crippen LogP contribution in [0.3, 0.4) is 0 Å². The number of rotatable bonds is 8. The van der Waals surface area contributed by atoms with E-state index < -0.39 is 0 Å². The van der Waals surface area contributed by atoms with Crippen LogP contribution in [0.4, 0.5) is 0 Å².